The number of benzene rings is 1. The zero-order valence-electron chi connectivity index (χ0n) is 11.5. The van der Waals surface area contributed by atoms with Gasteiger partial charge in [-0.25, -0.2) is 0 Å². The number of halogens is 1. The van der Waals surface area contributed by atoms with Gasteiger partial charge in [0.2, 0.25) is 5.91 Å². The number of nitrogens with zero attached hydrogens (tertiary/aromatic N) is 1. The molecular weight excluding hydrogens is 322 g/mol. The summed E-state index contributed by atoms with van der Waals surface area (Å²) in [6, 6.07) is 8.20. The van der Waals surface area contributed by atoms with Gasteiger partial charge in [-0.1, -0.05) is 28.1 Å². The number of ether oxygens (including phenoxy) is 1. The van der Waals surface area contributed by atoms with E-state index in [-0.39, 0.29) is 30.8 Å². The smallest absolute Gasteiger partial charge is 0.306 e. The number of hydrogen-bond donors (Lipinski definition) is 0. The number of hydrogen-bond acceptors (Lipinski definition) is 3. The van der Waals surface area contributed by atoms with E-state index >= 15 is 0 Å². The minimum atomic E-state index is -0.335. The molecule has 20 heavy (non-hydrogen) atoms. The van der Waals surface area contributed by atoms with Crippen LogP contribution in [0.1, 0.15) is 37.3 Å². The van der Waals surface area contributed by atoms with E-state index in [0.717, 1.165) is 29.4 Å². The first kappa shape index (κ1) is 15.0. The first-order chi connectivity index (χ1) is 9.61. The summed E-state index contributed by atoms with van der Waals surface area (Å²) in [4.78, 5) is 25.2. The number of rotatable bonds is 4. The lowest BCUT2D eigenvalue weighted by Crippen LogP contribution is -2.30. The Bertz CT molecular complexity index is 486. The quantitative estimate of drug-likeness (QED) is 0.792. The molecule has 5 heteroatoms. The third-order valence-corrected chi connectivity index (χ3v) is 4.13. The average molecular weight is 340 g/mol. The Kier molecular flexibility index (Phi) is 5.17. The first-order valence-electron chi connectivity index (χ1n) is 6.73. The topological polar surface area (TPSA) is 46.6 Å². The Morgan fingerprint density at radius 2 is 2.00 bits per heavy atom. The zero-order chi connectivity index (χ0) is 14.5. The lowest BCUT2D eigenvalue weighted by atomic mass is 10.0. The van der Waals surface area contributed by atoms with Crippen molar-refractivity contribution in [2.24, 2.45) is 0 Å². The fourth-order valence-corrected chi connectivity index (χ4v) is 2.82. The molecule has 1 heterocycles. The maximum absolute atomic E-state index is 12.2. The summed E-state index contributed by atoms with van der Waals surface area (Å²) < 4.78 is 5.60. The van der Waals surface area contributed by atoms with E-state index in [1.165, 1.54) is 7.11 Å². The van der Waals surface area contributed by atoms with Gasteiger partial charge in [-0.2, -0.15) is 0 Å². The molecule has 0 bridgehead atoms. The van der Waals surface area contributed by atoms with Gasteiger partial charge >= 0.3 is 5.97 Å². The monoisotopic (exact) mass is 339 g/mol. The van der Waals surface area contributed by atoms with Crippen LogP contribution in [0.25, 0.3) is 0 Å². The molecule has 108 valence electrons. The molecule has 1 aliphatic rings. The molecule has 1 saturated heterocycles. The summed E-state index contributed by atoms with van der Waals surface area (Å²) in [5.41, 5.74) is 1.15. The summed E-state index contributed by atoms with van der Waals surface area (Å²) >= 11 is 3.41. The predicted molar refractivity (Wildman–Crippen MR) is 79.1 cm³/mol. The summed E-state index contributed by atoms with van der Waals surface area (Å²) in [5.74, 6) is -0.307. The second kappa shape index (κ2) is 6.88. The van der Waals surface area contributed by atoms with Crippen LogP contribution in [0, 0.1) is 0 Å². The molecule has 1 aromatic carbocycles. The van der Waals surface area contributed by atoms with E-state index in [0.29, 0.717) is 0 Å². The Morgan fingerprint density at radius 3 is 2.65 bits per heavy atom. The van der Waals surface area contributed by atoms with E-state index in [1.54, 1.807) is 0 Å². The molecular formula is C15H18BrNO3. The highest BCUT2D eigenvalue weighted by atomic mass is 79.9. The van der Waals surface area contributed by atoms with Crippen LogP contribution in [0.5, 0.6) is 0 Å². The highest BCUT2D eigenvalue weighted by molar-refractivity contribution is 9.10. The van der Waals surface area contributed by atoms with Crippen molar-refractivity contribution in [1.82, 2.24) is 4.90 Å². The normalized spacial score (nSPS) is 18.1. The summed E-state index contributed by atoms with van der Waals surface area (Å²) in [5, 5.41) is 0. The zero-order valence-corrected chi connectivity index (χ0v) is 13.1. The third kappa shape index (κ3) is 3.60. The highest BCUT2D eigenvalue weighted by Gasteiger charge is 2.29. The number of amides is 1. The van der Waals surface area contributed by atoms with Gasteiger partial charge in [-0.3, -0.25) is 9.59 Å². The molecule has 1 fully saturated rings. The Balaban J connectivity index is 2.01. The van der Waals surface area contributed by atoms with Gasteiger partial charge in [0.25, 0.3) is 0 Å². The minimum absolute atomic E-state index is 0.0285. The van der Waals surface area contributed by atoms with Crippen LogP contribution in [0.2, 0.25) is 0 Å². The lowest BCUT2D eigenvalue weighted by Gasteiger charge is -2.25. The number of likely N-dealkylation sites (tertiary alicyclic amines) is 1. The van der Waals surface area contributed by atoms with Crippen LogP contribution in [-0.2, 0) is 14.3 Å². The first-order valence-corrected chi connectivity index (χ1v) is 7.53. The minimum Gasteiger partial charge on any atom is -0.469 e. The average Bonchev–Trinajstić information content (AvgIpc) is 2.94. The number of carbonyl (C=O) groups is 2. The number of carbonyl (C=O) groups excluding carboxylic acids is 2. The molecule has 1 amide bonds. The van der Waals surface area contributed by atoms with Crippen LogP contribution in [-0.4, -0.2) is 30.4 Å². The second-order valence-electron chi connectivity index (χ2n) is 4.87. The van der Waals surface area contributed by atoms with Crippen molar-refractivity contribution in [2.75, 3.05) is 13.7 Å². The van der Waals surface area contributed by atoms with Gasteiger partial charge in [0.15, 0.2) is 0 Å². The van der Waals surface area contributed by atoms with Gasteiger partial charge in [0.05, 0.1) is 19.6 Å². The van der Waals surface area contributed by atoms with E-state index in [4.69, 9.17) is 0 Å². The van der Waals surface area contributed by atoms with E-state index in [2.05, 4.69) is 20.7 Å². The molecule has 1 aromatic rings. The lowest BCUT2D eigenvalue weighted by molar-refractivity contribution is -0.143. The van der Waals surface area contributed by atoms with E-state index in [9.17, 15) is 9.59 Å². The Hall–Kier alpha value is -1.36. The van der Waals surface area contributed by atoms with Crippen molar-refractivity contribution in [3.05, 3.63) is 34.3 Å². The van der Waals surface area contributed by atoms with Crippen molar-refractivity contribution in [1.29, 1.82) is 0 Å². The predicted octanol–water partition coefficient (Wildman–Crippen LogP) is 3.07. The molecule has 0 radical (unpaired) electrons. The molecule has 1 aliphatic heterocycles. The summed E-state index contributed by atoms with van der Waals surface area (Å²) in [6.45, 7) is 0.765. The molecule has 0 aliphatic carbocycles. The molecule has 0 saturated carbocycles. The van der Waals surface area contributed by atoms with Crippen molar-refractivity contribution in [2.45, 2.75) is 31.7 Å². The van der Waals surface area contributed by atoms with Crippen LogP contribution >= 0.6 is 15.9 Å². The number of esters is 1. The van der Waals surface area contributed by atoms with E-state index in [1.807, 2.05) is 29.2 Å². The third-order valence-electron chi connectivity index (χ3n) is 3.60. The fraction of sp³-hybridized carbons (Fsp3) is 0.467. The molecule has 1 unspecified atom stereocenters. The Morgan fingerprint density at radius 1 is 1.30 bits per heavy atom. The van der Waals surface area contributed by atoms with Gasteiger partial charge in [-0.05, 0) is 30.5 Å². The van der Waals surface area contributed by atoms with Gasteiger partial charge in [0.1, 0.15) is 0 Å². The largest absolute Gasteiger partial charge is 0.469 e. The second-order valence-corrected chi connectivity index (χ2v) is 5.79. The van der Waals surface area contributed by atoms with E-state index < -0.39 is 0 Å². The van der Waals surface area contributed by atoms with Crippen LogP contribution in [0.15, 0.2) is 28.7 Å². The fourth-order valence-electron chi connectivity index (χ4n) is 2.55. The van der Waals surface area contributed by atoms with Crippen LogP contribution in [0.4, 0.5) is 0 Å². The molecule has 0 spiro atoms. The Labute approximate surface area is 127 Å². The van der Waals surface area contributed by atoms with Crippen LogP contribution < -0.4 is 0 Å². The SMILES string of the molecule is COC(=O)CCC(=O)N1CCCC1c1ccc(Br)cc1. The van der Waals surface area contributed by atoms with Crippen molar-refractivity contribution in [3.8, 4) is 0 Å². The molecule has 0 N–H and O–H groups in total. The molecule has 1 atom stereocenters. The van der Waals surface area contributed by atoms with Crippen molar-refractivity contribution in [3.63, 3.8) is 0 Å². The van der Waals surface area contributed by atoms with Gasteiger partial charge in [-0.15, -0.1) is 0 Å². The number of methoxy groups -OCH3 is 1. The maximum Gasteiger partial charge on any atom is 0.306 e. The molecule has 2 rings (SSSR count). The summed E-state index contributed by atoms with van der Waals surface area (Å²) in [6.07, 6.45) is 2.36. The van der Waals surface area contributed by atoms with Crippen molar-refractivity contribution < 1.29 is 14.3 Å². The van der Waals surface area contributed by atoms with Crippen molar-refractivity contribution >= 4 is 27.8 Å². The molecule has 4 nitrogen and oxygen atoms in total. The maximum atomic E-state index is 12.2. The van der Waals surface area contributed by atoms with Gasteiger partial charge in [0, 0.05) is 17.4 Å². The highest BCUT2D eigenvalue weighted by Crippen LogP contribution is 2.33. The standard InChI is InChI=1S/C15H18BrNO3/c1-20-15(19)9-8-14(18)17-10-2-3-13(17)11-4-6-12(16)7-5-11/h4-7,13H,2-3,8-10H2,1H3. The van der Waals surface area contributed by atoms with Gasteiger partial charge < -0.3 is 9.64 Å². The summed E-state index contributed by atoms with van der Waals surface area (Å²) in [7, 11) is 1.34. The molecule has 0 aromatic heterocycles. The van der Waals surface area contributed by atoms with Crippen LogP contribution in [0.3, 0.4) is 0 Å².